The number of unbranched alkanes of at least 4 members (excludes halogenated alkanes) is 54. The first-order valence-electron chi connectivity index (χ1n) is 34.3. The second kappa shape index (κ2) is 64.4. The number of hydrogen-bond donors (Lipinski definition) is 3. The van der Waals surface area contributed by atoms with Gasteiger partial charge >= 0.3 is 5.97 Å². The zero-order valence-electron chi connectivity index (χ0n) is 50.6. The Morgan fingerprint density at radius 2 is 0.554 bits per heavy atom. The summed E-state index contributed by atoms with van der Waals surface area (Å²) in [4.78, 5) is 24.6. The largest absolute Gasteiger partial charge is 0.466 e. The molecule has 0 aliphatic carbocycles. The van der Waals surface area contributed by atoms with Crippen molar-refractivity contribution in [1.29, 1.82) is 0 Å². The number of aliphatic hydroxyl groups is 2. The average molecular weight is 1050 g/mol. The van der Waals surface area contributed by atoms with Crippen LogP contribution in [0, 0.1) is 0 Å². The molecule has 0 rings (SSSR count). The van der Waals surface area contributed by atoms with E-state index in [0.717, 1.165) is 38.5 Å². The van der Waals surface area contributed by atoms with E-state index in [1.807, 2.05) is 0 Å². The molecule has 1 amide bonds. The van der Waals surface area contributed by atoms with Crippen LogP contribution in [0.2, 0.25) is 0 Å². The summed E-state index contributed by atoms with van der Waals surface area (Å²) in [5.41, 5.74) is 0. The Kier molecular flexibility index (Phi) is 63.4. The molecule has 0 aromatic carbocycles. The van der Waals surface area contributed by atoms with Gasteiger partial charge in [0.2, 0.25) is 5.91 Å². The third-order valence-electron chi connectivity index (χ3n) is 16.4. The van der Waals surface area contributed by atoms with Crippen LogP contribution >= 0.6 is 0 Å². The lowest BCUT2D eigenvalue weighted by Gasteiger charge is -2.22. The minimum atomic E-state index is -0.664. The predicted molar refractivity (Wildman–Crippen MR) is 324 cm³/mol. The lowest BCUT2D eigenvalue weighted by Crippen LogP contribution is -2.45. The number of rotatable bonds is 65. The van der Waals surface area contributed by atoms with E-state index in [-0.39, 0.29) is 18.5 Å². The number of ether oxygens (including phenoxy) is 1. The third kappa shape index (κ3) is 60.1. The summed E-state index contributed by atoms with van der Waals surface area (Å²) in [6.45, 7) is 5.00. The molecule has 0 aromatic heterocycles. The summed E-state index contributed by atoms with van der Waals surface area (Å²) in [5, 5.41) is 23.4. The van der Waals surface area contributed by atoms with E-state index < -0.39 is 12.1 Å². The molecule has 3 N–H and O–H groups in total. The Hall–Kier alpha value is -1.14. The zero-order valence-corrected chi connectivity index (χ0v) is 50.6. The van der Waals surface area contributed by atoms with Crippen LogP contribution in [-0.4, -0.2) is 47.4 Å². The Morgan fingerprint density at radius 3 is 0.824 bits per heavy atom. The standard InChI is InChI=1S/C68H135NO5/c1-3-5-7-9-11-13-15-17-18-19-20-24-27-30-33-37-40-44-48-52-56-60-66(71)65(64-70)69-67(72)61-57-53-49-45-41-38-34-31-28-25-22-21-23-26-29-32-35-39-43-47-51-55-59-63-74-68(73)62-58-54-50-46-42-36-16-14-12-10-8-6-4-2/h65-66,70-71H,3-64H2,1-2H3,(H,69,72). The predicted octanol–water partition coefficient (Wildman–Crippen LogP) is 21.8. The second-order valence-electron chi connectivity index (χ2n) is 23.9. The van der Waals surface area contributed by atoms with E-state index in [9.17, 15) is 19.8 Å². The van der Waals surface area contributed by atoms with E-state index in [4.69, 9.17) is 4.74 Å². The summed E-state index contributed by atoms with van der Waals surface area (Å²) in [7, 11) is 0. The van der Waals surface area contributed by atoms with Crippen molar-refractivity contribution in [1.82, 2.24) is 5.32 Å². The first-order valence-corrected chi connectivity index (χ1v) is 34.3. The number of carbonyl (C=O) groups is 2. The van der Waals surface area contributed by atoms with Gasteiger partial charge in [-0.2, -0.15) is 0 Å². The molecule has 0 radical (unpaired) electrons. The molecular formula is C68H135NO5. The molecule has 0 aliphatic heterocycles. The van der Waals surface area contributed by atoms with Gasteiger partial charge in [-0.25, -0.2) is 0 Å². The van der Waals surface area contributed by atoms with Crippen LogP contribution in [0.1, 0.15) is 399 Å². The van der Waals surface area contributed by atoms with Crippen molar-refractivity contribution in [2.45, 2.75) is 411 Å². The molecule has 0 spiro atoms. The average Bonchev–Trinajstić information content (AvgIpc) is 3.40. The van der Waals surface area contributed by atoms with E-state index >= 15 is 0 Å². The van der Waals surface area contributed by atoms with Gasteiger partial charge in [-0.3, -0.25) is 9.59 Å². The quantitative estimate of drug-likeness (QED) is 0.0417. The molecule has 74 heavy (non-hydrogen) atoms. The van der Waals surface area contributed by atoms with E-state index in [1.54, 1.807) is 0 Å². The monoisotopic (exact) mass is 1050 g/mol. The minimum Gasteiger partial charge on any atom is -0.466 e. The normalized spacial score (nSPS) is 12.4. The molecule has 0 saturated carbocycles. The molecule has 6 nitrogen and oxygen atoms in total. The van der Waals surface area contributed by atoms with Gasteiger partial charge in [0.1, 0.15) is 0 Å². The fraction of sp³-hybridized carbons (Fsp3) is 0.971. The highest BCUT2D eigenvalue weighted by Crippen LogP contribution is 2.19. The molecule has 2 unspecified atom stereocenters. The summed E-state index contributed by atoms with van der Waals surface area (Å²) in [6, 6.07) is -0.541. The van der Waals surface area contributed by atoms with Crippen LogP contribution in [0.25, 0.3) is 0 Å². The summed E-state index contributed by atoms with van der Waals surface area (Å²) in [6.07, 6.45) is 77.1. The summed E-state index contributed by atoms with van der Waals surface area (Å²) in [5.74, 6) is -0.0118. The highest BCUT2D eigenvalue weighted by atomic mass is 16.5. The van der Waals surface area contributed by atoms with Crippen LogP contribution in [0.5, 0.6) is 0 Å². The highest BCUT2D eigenvalue weighted by molar-refractivity contribution is 5.76. The summed E-state index contributed by atoms with van der Waals surface area (Å²) >= 11 is 0. The number of hydrogen-bond acceptors (Lipinski definition) is 5. The Bertz CT molecular complexity index is 1070. The van der Waals surface area contributed by atoms with Crippen molar-refractivity contribution in [3.05, 3.63) is 0 Å². The number of aliphatic hydroxyl groups excluding tert-OH is 2. The second-order valence-corrected chi connectivity index (χ2v) is 23.9. The maximum Gasteiger partial charge on any atom is 0.305 e. The van der Waals surface area contributed by atoms with Gasteiger partial charge in [0.15, 0.2) is 0 Å². The maximum atomic E-state index is 12.5. The van der Waals surface area contributed by atoms with Crippen molar-refractivity contribution in [3.8, 4) is 0 Å². The number of carbonyl (C=O) groups excluding carboxylic acids is 2. The van der Waals surface area contributed by atoms with Gasteiger partial charge in [-0.15, -0.1) is 0 Å². The number of nitrogens with one attached hydrogen (secondary N) is 1. The smallest absolute Gasteiger partial charge is 0.305 e. The molecule has 0 aromatic rings. The zero-order chi connectivity index (χ0) is 53.6. The van der Waals surface area contributed by atoms with Gasteiger partial charge in [0, 0.05) is 12.8 Å². The lowest BCUT2D eigenvalue weighted by molar-refractivity contribution is -0.143. The molecule has 0 bridgehead atoms. The molecular weight excluding hydrogens is 911 g/mol. The van der Waals surface area contributed by atoms with Crippen LogP contribution in [0.4, 0.5) is 0 Å². The fourth-order valence-corrected chi connectivity index (χ4v) is 11.2. The maximum absolute atomic E-state index is 12.5. The Balaban J connectivity index is 3.36. The lowest BCUT2D eigenvalue weighted by atomic mass is 10.0. The molecule has 442 valence electrons. The van der Waals surface area contributed by atoms with Crippen molar-refractivity contribution in [2.24, 2.45) is 0 Å². The van der Waals surface area contributed by atoms with Crippen LogP contribution < -0.4 is 5.32 Å². The van der Waals surface area contributed by atoms with Crippen molar-refractivity contribution >= 4 is 11.9 Å². The summed E-state index contributed by atoms with van der Waals surface area (Å²) < 4.78 is 5.49. The highest BCUT2D eigenvalue weighted by Gasteiger charge is 2.20. The van der Waals surface area contributed by atoms with E-state index in [2.05, 4.69) is 19.2 Å². The van der Waals surface area contributed by atoms with Crippen molar-refractivity contribution in [2.75, 3.05) is 13.2 Å². The van der Waals surface area contributed by atoms with Crippen LogP contribution in [-0.2, 0) is 14.3 Å². The molecule has 0 fully saturated rings. The SMILES string of the molecule is CCCCCCCCCCCCCCCCCCCCCCCC(O)C(CO)NC(=O)CCCCCCCCCCCCCCCCCCCCCCCCCOC(=O)CCCCCCCCCCCCCCC. The van der Waals surface area contributed by atoms with Gasteiger partial charge in [-0.1, -0.05) is 361 Å². The topological polar surface area (TPSA) is 95.9 Å². The van der Waals surface area contributed by atoms with Crippen LogP contribution in [0.3, 0.4) is 0 Å². The number of esters is 1. The molecule has 0 saturated heterocycles. The van der Waals surface area contributed by atoms with Gasteiger partial charge in [-0.05, 0) is 25.7 Å². The first kappa shape index (κ1) is 72.9. The molecule has 0 heterocycles. The van der Waals surface area contributed by atoms with Gasteiger partial charge in [0.05, 0.1) is 25.4 Å². The molecule has 0 aliphatic rings. The Morgan fingerprint density at radius 1 is 0.324 bits per heavy atom. The van der Waals surface area contributed by atoms with Crippen molar-refractivity contribution in [3.63, 3.8) is 0 Å². The van der Waals surface area contributed by atoms with Crippen LogP contribution in [0.15, 0.2) is 0 Å². The Labute approximate surface area is 464 Å². The third-order valence-corrected chi connectivity index (χ3v) is 16.4. The van der Waals surface area contributed by atoms with E-state index in [0.29, 0.717) is 25.9 Å². The molecule has 6 heteroatoms. The first-order chi connectivity index (χ1) is 36.5. The van der Waals surface area contributed by atoms with E-state index in [1.165, 1.54) is 327 Å². The molecule has 2 atom stereocenters. The van der Waals surface area contributed by atoms with Crippen molar-refractivity contribution < 1.29 is 24.5 Å². The number of amides is 1. The van der Waals surface area contributed by atoms with Gasteiger partial charge in [0.25, 0.3) is 0 Å². The minimum absolute atomic E-state index is 0.0174. The van der Waals surface area contributed by atoms with Gasteiger partial charge < -0.3 is 20.3 Å². The fourth-order valence-electron chi connectivity index (χ4n) is 11.2.